The van der Waals surface area contributed by atoms with Crippen LogP contribution in [0.5, 0.6) is 11.8 Å². The minimum absolute atomic E-state index is 0.127. The van der Waals surface area contributed by atoms with Gasteiger partial charge in [0.1, 0.15) is 11.6 Å². The Morgan fingerprint density at radius 3 is 2.87 bits per heavy atom. The number of halogens is 1. The molecule has 1 unspecified atom stereocenters. The summed E-state index contributed by atoms with van der Waals surface area (Å²) in [5.74, 6) is 0.594. The van der Waals surface area contributed by atoms with Crippen LogP contribution in [0.15, 0.2) is 28.9 Å². The van der Waals surface area contributed by atoms with Gasteiger partial charge in [0, 0.05) is 44.2 Å². The Labute approximate surface area is 227 Å². The number of hydrogen-bond donors (Lipinski definition) is 2. The van der Waals surface area contributed by atoms with Gasteiger partial charge < -0.3 is 30.1 Å². The number of nitrogens with zero attached hydrogens (tertiary/aromatic N) is 5. The fraction of sp³-hybridized carbons (Fsp3) is 0.481. The molecule has 11 heteroatoms. The predicted molar refractivity (Wildman–Crippen MR) is 145 cm³/mol. The second kappa shape index (κ2) is 10.4. The molecule has 1 aromatic heterocycles. The number of nitrogens with two attached hydrogens (primary N) is 1. The number of hydrogen-bond acceptors (Lipinski definition) is 9. The van der Waals surface area contributed by atoms with Gasteiger partial charge in [-0.25, -0.2) is 0 Å². The maximum Gasteiger partial charge on any atom is 0.318 e. The minimum Gasteiger partial charge on any atom is -0.508 e. The van der Waals surface area contributed by atoms with Crippen LogP contribution in [0.3, 0.4) is 0 Å². The average Bonchev–Trinajstić information content (AvgIpc) is 3.13. The third kappa shape index (κ3) is 4.90. The number of benzene rings is 1. The molecule has 1 aromatic carbocycles. The van der Waals surface area contributed by atoms with Gasteiger partial charge >= 0.3 is 6.01 Å². The molecule has 202 valence electrons. The van der Waals surface area contributed by atoms with E-state index < -0.39 is 5.60 Å². The van der Waals surface area contributed by atoms with Crippen LogP contribution in [0.1, 0.15) is 41.6 Å². The Kier molecular flexibility index (Phi) is 7.19. The maximum absolute atomic E-state index is 12.3. The number of anilines is 1. The smallest absolute Gasteiger partial charge is 0.318 e. The molecule has 1 amide bonds. The summed E-state index contributed by atoms with van der Waals surface area (Å²) in [4.78, 5) is 30.0. The topological polar surface area (TPSA) is 126 Å². The number of ether oxygens (including phenoxy) is 2. The summed E-state index contributed by atoms with van der Waals surface area (Å²) in [6.45, 7) is 2.08. The molecule has 3 aliphatic rings. The van der Waals surface area contributed by atoms with E-state index in [4.69, 9.17) is 36.8 Å². The van der Waals surface area contributed by atoms with E-state index >= 15 is 0 Å². The van der Waals surface area contributed by atoms with Gasteiger partial charge in [-0.2, -0.15) is 9.97 Å². The number of phenols is 1. The van der Waals surface area contributed by atoms with Crippen molar-refractivity contribution in [3.8, 4) is 11.8 Å². The molecule has 3 heterocycles. The molecule has 5 rings (SSSR count). The van der Waals surface area contributed by atoms with Crippen molar-refractivity contribution >= 4 is 29.0 Å². The van der Waals surface area contributed by atoms with Crippen molar-refractivity contribution in [3.63, 3.8) is 0 Å². The Balaban J connectivity index is 1.50. The molecular formula is C27H33ClN6O4. The lowest BCUT2D eigenvalue weighted by Crippen LogP contribution is -2.41. The molecule has 2 aliphatic heterocycles. The zero-order valence-electron chi connectivity index (χ0n) is 22.0. The van der Waals surface area contributed by atoms with Crippen LogP contribution >= 0.6 is 11.6 Å². The molecule has 1 atom stereocenters. The van der Waals surface area contributed by atoms with E-state index in [0.717, 1.165) is 53.9 Å². The highest BCUT2D eigenvalue weighted by atomic mass is 35.5. The van der Waals surface area contributed by atoms with Crippen LogP contribution in [0.2, 0.25) is 5.02 Å². The monoisotopic (exact) mass is 540 g/mol. The third-order valence-corrected chi connectivity index (χ3v) is 7.72. The standard InChI is InChI=1S/C27H33ClN6O4/c1-33(2)25(36)22(29)10-16-14-34(9-5-8-30-16)24-19-15-38-27(13-23(19)31-26(32-24)37-3)7-4-6-18-20(27)11-17(35)12-21(18)28/h10-12,35H,4-9,13-15,29H2,1-3H3/b22-10-. The summed E-state index contributed by atoms with van der Waals surface area (Å²) in [5, 5.41) is 10.9. The number of aromatic nitrogens is 2. The van der Waals surface area contributed by atoms with E-state index in [2.05, 4.69) is 9.89 Å². The molecular weight excluding hydrogens is 508 g/mol. The molecule has 2 aromatic rings. The van der Waals surface area contributed by atoms with Gasteiger partial charge in [-0.1, -0.05) is 11.6 Å². The summed E-state index contributed by atoms with van der Waals surface area (Å²) in [6.07, 6.45) is 5.54. The fourth-order valence-electron chi connectivity index (χ4n) is 5.56. The number of aliphatic imine (C=N–C) groups is 1. The van der Waals surface area contributed by atoms with Gasteiger partial charge in [-0.3, -0.25) is 9.79 Å². The van der Waals surface area contributed by atoms with Crippen molar-refractivity contribution in [1.29, 1.82) is 0 Å². The Bertz CT molecular complexity index is 1330. The number of likely N-dealkylation sites (N-methyl/N-ethyl adjacent to an activating group) is 1. The van der Waals surface area contributed by atoms with E-state index in [1.54, 1.807) is 39.4 Å². The second-order valence-electron chi connectivity index (χ2n) is 10.2. The first-order valence-electron chi connectivity index (χ1n) is 12.8. The summed E-state index contributed by atoms with van der Waals surface area (Å²) >= 11 is 6.51. The number of amides is 1. The van der Waals surface area contributed by atoms with Crippen LogP contribution in [0.4, 0.5) is 5.82 Å². The Morgan fingerprint density at radius 2 is 2.11 bits per heavy atom. The first kappa shape index (κ1) is 26.2. The molecule has 0 fully saturated rings. The fourth-order valence-corrected chi connectivity index (χ4v) is 5.86. The highest BCUT2D eigenvalue weighted by Gasteiger charge is 2.43. The molecule has 0 saturated heterocycles. The van der Waals surface area contributed by atoms with Crippen molar-refractivity contribution in [1.82, 2.24) is 14.9 Å². The van der Waals surface area contributed by atoms with Crippen LogP contribution in [0, 0.1) is 0 Å². The van der Waals surface area contributed by atoms with E-state index in [1.165, 1.54) is 4.90 Å². The number of carbonyl (C=O) groups is 1. The highest BCUT2D eigenvalue weighted by Crippen LogP contribution is 2.48. The second-order valence-corrected chi connectivity index (χ2v) is 10.6. The van der Waals surface area contributed by atoms with E-state index in [1.807, 2.05) is 0 Å². The lowest BCUT2D eigenvalue weighted by atomic mass is 9.74. The zero-order valence-corrected chi connectivity index (χ0v) is 22.7. The quantitative estimate of drug-likeness (QED) is 0.567. The number of carbonyl (C=O) groups excluding carboxylic acids is 1. The number of methoxy groups -OCH3 is 1. The van der Waals surface area contributed by atoms with Gasteiger partial charge in [-0.05, 0) is 55.0 Å². The zero-order chi connectivity index (χ0) is 27.0. The lowest BCUT2D eigenvalue weighted by Gasteiger charge is -2.43. The van der Waals surface area contributed by atoms with Gasteiger partial charge in [0.2, 0.25) is 0 Å². The van der Waals surface area contributed by atoms with E-state index in [0.29, 0.717) is 43.4 Å². The molecule has 38 heavy (non-hydrogen) atoms. The Morgan fingerprint density at radius 1 is 1.29 bits per heavy atom. The van der Waals surface area contributed by atoms with E-state index in [-0.39, 0.29) is 23.4 Å². The summed E-state index contributed by atoms with van der Waals surface area (Å²) in [6, 6.07) is 3.64. The number of rotatable bonds is 4. The van der Waals surface area contributed by atoms with Crippen molar-refractivity contribution in [2.45, 2.75) is 44.3 Å². The minimum atomic E-state index is -0.630. The molecule has 1 aliphatic carbocycles. The van der Waals surface area contributed by atoms with E-state index in [9.17, 15) is 9.90 Å². The highest BCUT2D eigenvalue weighted by molar-refractivity contribution is 6.31. The van der Waals surface area contributed by atoms with Crippen LogP contribution in [-0.4, -0.2) is 72.4 Å². The summed E-state index contributed by atoms with van der Waals surface area (Å²) in [7, 11) is 4.88. The summed E-state index contributed by atoms with van der Waals surface area (Å²) in [5.41, 5.74) is 9.97. The van der Waals surface area contributed by atoms with Crippen LogP contribution < -0.4 is 15.4 Å². The largest absolute Gasteiger partial charge is 0.508 e. The predicted octanol–water partition coefficient (Wildman–Crippen LogP) is 2.73. The molecule has 0 bridgehead atoms. The molecule has 3 N–H and O–H groups in total. The van der Waals surface area contributed by atoms with Crippen molar-refractivity contribution in [2.75, 3.05) is 45.7 Å². The van der Waals surface area contributed by atoms with Crippen LogP contribution in [-0.2, 0) is 34.6 Å². The molecule has 0 saturated carbocycles. The molecule has 1 spiro atoms. The number of phenolic OH excluding ortho intramolecular Hbond substituents is 1. The normalized spacial score (nSPS) is 21.3. The number of aromatic hydroxyl groups is 1. The van der Waals surface area contributed by atoms with Crippen LogP contribution in [0.25, 0.3) is 0 Å². The van der Waals surface area contributed by atoms with Gasteiger partial charge in [0.05, 0.1) is 43.0 Å². The number of fused-ring (bicyclic) bond motifs is 3. The first-order chi connectivity index (χ1) is 18.2. The van der Waals surface area contributed by atoms with Gasteiger partial charge in [0.15, 0.2) is 0 Å². The molecule has 0 radical (unpaired) electrons. The van der Waals surface area contributed by atoms with Crippen molar-refractivity contribution in [2.24, 2.45) is 10.7 Å². The third-order valence-electron chi connectivity index (χ3n) is 7.39. The van der Waals surface area contributed by atoms with Gasteiger partial charge in [0.25, 0.3) is 5.91 Å². The maximum atomic E-state index is 12.3. The first-order valence-corrected chi connectivity index (χ1v) is 13.2. The average molecular weight is 541 g/mol. The van der Waals surface area contributed by atoms with Crippen molar-refractivity contribution < 1.29 is 19.4 Å². The molecule has 10 nitrogen and oxygen atoms in total. The summed E-state index contributed by atoms with van der Waals surface area (Å²) < 4.78 is 12.1. The lowest BCUT2D eigenvalue weighted by molar-refractivity contribution is -0.124. The van der Waals surface area contributed by atoms with Gasteiger partial charge in [-0.15, -0.1) is 0 Å². The Hall–Kier alpha value is -3.37. The SMILES string of the molecule is COc1nc2c(c(N3CCCN=C(/C=C(\N)C(=O)N(C)C)C3)n1)COC1(CCCc3c(Cl)cc(O)cc31)C2. The van der Waals surface area contributed by atoms with Crippen molar-refractivity contribution in [3.05, 3.63) is 51.3 Å².